The van der Waals surface area contributed by atoms with E-state index < -0.39 is 18.0 Å². The number of ether oxygens (including phenoxy) is 2. The molecule has 0 radical (unpaired) electrons. The second-order valence-corrected chi connectivity index (χ2v) is 11.9. The molecule has 3 aromatic rings. The van der Waals surface area contributed by atoms with Crippen LogP contribution in [-0.4, -0.2) is 36.4 Å². The Morgan fingerprint density at radius 2 is 1.31 bits per heavy atom. The largest absolute Gasteiger partial charge is 0.462 e. The number of carbonyl (C=O) groups is 2. The van der Waals surface area contributed by atoms with Gasteiger partial charge in [-0.25, -0.2) is 14.0 Å². The van der Waals surface area contributed by atoms with Crippen LogP contribution in [0.4, 0.5) is 4.39 Å². The number of rotatable bonds is 18. The van der Waals surface area contributed by atoms with Crippen molar-refractivity contribution in [3.8, 4) is 11.1 Å². The second kappa shape index (κ2) is 18.1. The number of hydrogen-bond acceptors (Lipinski definition) is 5. The highest BCUT2D eigenvalue weighted by molar-refractivity contribution is 5.88. The van der Waals surface area contributed by atoms with Gasteiger partial charge in [0.15, 0.2) is 0 Å². The van der Waals surface area contributed by atoms with Gasteiger partial charge in [0.2, 0.25) is 0 Å². The zero-order valence-electron chi connectivity index (χ0n) is 26.9. The SMILES string of the molecule is C=C(C)C(=O)OCC(CCc1ccc(CCc2ccc(-c3ccc(CCCCC)cc3)c(F)c2)cc1)COC(=O)C(=C)C(C)O. The first-order valence-corrected chi connectivity index (χ1v) is 15.9. The first-order chi connectivity index (χ1) is 21.6. The normalized spacial score (nSPS) is 12.3. The predicted octanol–water partition coefficient (Wildman–Crippen LogP) is 8.16. The fourth-order valence-electron chi connectivity index (χ4n) is 4.90. The maximum absolute atomic E-state index is 15.1. The lowest BCUT2D eigenvalue weighted by atomic mass is 9.97. The van der Waals surface area contributed by atoms with Crippen molar-refractivity contribution in [1.29, 1.82) is 0 Å². The zero-order chi connectivity index (χ0) is 32.8. The van der Waals surface area contributed by atoms with Gasteiger partial charge in [-0.1, -0.05) is 93.6 Å². The molecule has 2 atom stereocenters. The van der Waals surface area contributed by atoms with Crippen LogP contribution in [0.2, 0.25) is 0 Å². The quantitative estimate of drug-likeness (QED) is 0.0889. The molecule has 1 N–H and O–H groups in total. The summed E-state index contributed by atoms with van der Waals surface area (Å²) >= 11 is 0. The third-order valence-electron chi connectivity index (χ3n) is 7.95. The van der Waals surface area contributed by atoms with E-state index in [0.29, 0.717) is 24.0 Å². The van der Waals surface area contributed by atoms with Crippen LogP contribution in [0.25, 0.3) is 11.1 Å². The summed E-state index contributed by atoms with van der Waals surface area (Å²) in [5.74, 6) is -1.61. The number of aryl methyl sites for hydroxylation is 4. The highest BCUT2D eigenvalue weighted by Gasteiger charge is 2.19. The van der Waals surface area contributed by atoms with Gasteiger partial charge in [-0.15, -0.1) is 0 Å². The summed E-state index contributed by atoms with van der Waals surface area (Å²) < 4.78 is 25.7. The minimum absolute atomic E-state index is 0.0234. The molecule has 0 fully saturated rings. The van der Waals surface area contributed by atoms with E-state index in [2.05, 4.69) is 56.5 Å². The van der Waals surface area contributed by atoms with Gasteiger partial charge in [-0.3, -0.25) is 0 Å². The van der Waals surface area contributed by atoms with E-state index in [9.17, 15) is 14.7 Å². The van der Waals surface area contributed by atoms with E-state index in [1.807, 2.05) is 24.3 Å². The molecule has 6 heteroatoms. The standard InChI is InChI=1S/C39H47FO5/c1-6-7-8-9-30-18-21-35(22-19-30)36-23-20-33(24-37(36)40)16-14-31-10-12-32(13-11-31)15-17-34(25-44-38(42)27(2)3)26-45-39(43)28(4)29(5)41/h10-13,18-24,29,34,41H,2,4,6-9,14-17,25-26H2,1,3,5H3. The van der Waals surface area contributed by atoms with Gasteiger partial charge in [0.1, 0.15) is 5.82 Å². The number of benzene rings is 3. The van der Waals surface area contributed by atoms with Gasteiger partial charge >= 0.3 is 11.9 Å². The Morgan fingerprint density at radius 3 is 1.89 bits per heavy atom. The minimum atomic E-state index is -1.00. The van der Waals surface area contributed by atoms with Crippen LogP contribution < -0.4 is 0 Å². The van der Waals surface area contributed by atoms with Crippen molar-refractivity contribution in [2.24, 2.45) is 5.92 Å². The topological polar surface area (TPSA) is 72.8 Å². The molecule has 0 aliphatic carbocycles. The van der Waals surface area contributed by atoms with Gasteiger partial charge in [-0.2, -0.15) is 0 Å². The Bertz CT molecular complexity index is 1420. The van der Waals surface area contributed by atoms with Crippen LogP contribution in [0.15, 0.2) is 91.0 Å². The summed E-state index contributed by atoms with van der Waals surface area (Å²) in [6.45, 7) is 12.5. The summed E-state index contributed by atoms with van der Waals surface area (Å²) in [4.78, 5) is 24.0. The van der Waals surface area contributed by atoms with Crippen molar-refractivity contribution in [3.63, 3.8) is 0 Å². The number of carbonyl (C=O) groups excluding carboxylic acids is 2. The highest BCUT2D eigenvalue weighted by Crippen LogP contribution is 2.25. The summed E-state index contributed by atoms with van der Waals surface area (Å²) in [6, 6.07) is 22.0. The van der Waals surface area contributed by atoms with Crippen LogP contribution in [0.3, 0.4) is 0 Å². The van der Waals surface area contributed by atoms with Gasteiger partial charge in [0, 0.05) is 17.1 Å². The Balaban J connectivity index is 1.53. The average molecular weight is 615 g/mol. The maximum Gasteiger partial charge on any atom is 0.336 e. The lowest BCUT2D eigenvalue weighted by molar-refractivity contribution is -0.144. The number of esters is 2. The Hall–Kier alpha value is -4.03. The van der Waals surface area contributed by atoms with Crippen molar-refractivity contribution in [2.45, 2.75) is 78.2 Å². The van der Waals surface area contributed by atoms with Crippen LogP contribution >= 0.6 is 0 Å². The third-order valence-corrected chi connectivity index (χ3v) is 7.95. The molecule has 2 unspecified atom stereocenters. The number of aliphatic hydroxyl groups is 1. The first kappa shape index (κ1) is 35.4. The molecule has 0 saturated heterocycles. The smallest absolute Gasteiger partial charge is 0.336 e. The molecule has 5 nitrogen and oxygen atoms in total. The van der Waals surface area contributed by atoms with E-state index >= 15 is 4.39 Å². The van der Waals surface area contributed by atoms with E-state index in [1.165, 1.54) is 31.7 Å². The predicted molar refractivity (Wildman–Crippen MR) is 178 cm³/mol. The Labute approximate surface area is 267 Å². The van der Waals surface area contributed by atoms with Crippen molar-refractivity contribution in [1.82, 2.24) is 0 Å². The summed E-state index contributed by atoms with van der Waals surface area (Å²) in [6.07, 6.45) is 6.48. The molecule has 0 saturated carbocycles. The molecular weight excluding hydrogens is 567 g/mol. The van der Waals surface area contributed by atoms with Gasteiger partial charge < -0.3 is 14.6 Å². The summed E-state index contributed by atoms with van der Waals surface area (Å²) in [5, 5.41) is 9.57. The van der Waals surface area contributed by atoms with Crippen LogP contribution in [-0.2, 0) is 44.7 Å². The van der Waals surface area contributed by atoms with Crippen LogP contribution in [0, 0.1) is 11.7 Å². The second-order valence-electron chi connectivity index (χ2n) is 11.9. The zero-order valence-corrected chi connectivity index (χ0v) is 26.9. The van der Waals surface area contributed by atoms with Crippen molar-refractivity contribution < 1.29 is 28.6 Å². The molecule has 3 rings (SSSR count). The number of halogens is 1. The van der Waals surface area contributed by atoms with Crippen molar-refractivity contribution in [2.75, 3.05) is 13.2 Å². The first-order valence-electron chi connectivity index (χ1n) is 15.9. The van der Waals surface area contributed by atoms with Crippen molar-refractivity contribution >= 4 is 11.9 Å². The fraction of sp³-hybridized carbons (Fsp3) is 0.385. The fourth-order valence-corrected chi connectivity index (χ4v) is 4.90. The molecule has 0 heterocycles. The van der Waals surface area contributed by atoms with Gasteiger partial charge in [0.05, 0.1) is 24.9 Å². The molecule has 0 bridgehead atoms. The molecular formula is C39H47FO5. The summed E-state index contributed by atoms with van der Waals surface area (Å²) in [7, 11) is 0. The monoisotopic (exact) mass is 614 g/mol. The van der Waals surface area contributed by atoms with E-state index in [0.717, 1.165) is 41.5 Å². The molecule has 0 aliphatic heterocycles. The number of aliphatic hydroxyl groups excluding tert-OH is 1. The molecule has 45 heavy (non-hydrogen) atoms. The van der Waals surface area contributed by atoms with E-state index in [-0.39, 0.29) is 30.5 Å². The molecule has 3 aromatic carbocycles. The van der Waals surface area contributed by atoms with E-state index in [1.54, 1.807) is 13.0 Å². The average Bonchev–Trinajstić information content (AvgIpc) is 3.03. The van der Waals surface area contributed by atoms with Crippen molar-refractivity contribution in [3.05, 3.63) is 119 Å². The molecule has 240 valence electrons. The summed E-state index contributed by atoms with van der Waals surface area (Å²) in [5.41, 5.74) is 6.29. The highest BCUT2D eigenvalue weighted by atomic mass is 19.1. The maximum atomic E-state index is 15.1. The lowest BCUT2D eigenvalue weighted by Crippen LogP contribution is -2.24. The van der Waals surface area contributed by atoms with Crippen LogP contribution in [0.5, 0.6) is 0 Å². The van der Waals surface area contributed by atoms with Gasteiger partial charge in [0.25, 0.3) is 0 Å². The molecule has 0 amide bonds. The lowest BCUT2D eigenvalue weighted by Gasteiger charge is -2.18. The Morgan fingerprint density at radius 1 is 0.778 bits per heavy atom. The number of hydrogen-bond donors (Lipinski definition) is 1. The third kappa shape index (κ3) is 11.8. The molecule has 0 spiro atoms. The Kier molecular flexibility index (Phi) is 14.2. The molecule has 0 aromatic heterocycles. The van der Waals surface area contributed by atoms with E-state index in [4.69, 9.17) is 9.47 Å². The van der Waals surface area contributed by atoms with Crippen LogP contribution in [0.1, 0.15) is 68.7 Å². The molecule has 0 aliphatic rings. The minimum Gasteiger partial charge on any atom is -0.462 e. The van der Waals surface area contributed by atoms with Gasteiger partial charge in [-0.05, 0) is 86.3 Å². The number of unbranched alkanes of at least 4 members (excludes halogenated alkanes) is 2.